The van der Waals surface area contributed by atoms with E-state index in [1.54, 1.807) is 0 Å². The lowest BCUT2D eigenvalue weighted by molar-refractivity contribution is 0.160. The molecule has 0 spiro atoms. The Bertz CT molecular complexity index is 247. The van der Waals surface area contributed by atoms with Gasteiger partial charge in [-0.05, 0) is 50.4 Å². The molecule has 1 fully saturated rings. The summed E-state index contributed by atoms with van der Waals surface area (Å²) in [7, 11) is 0. The SMILES string of the molecule is CCC(N)CC(C(C)N)C1CC(N)CC(C)C1Cl. The third kappa shape index (κ3) is 4.09. The lowest BCUT2D eigenvalue weighted by Crippen LogP contribution is -2.47. The fourth-order valence-corrected chi connectivity index (χ4v) is 3.70. The van der Waals surface area contributed by atoms with Crippen molar-refractivity contribution >= 4 is 11.6 Å². The summed E-state index contributed by atoms with van der Waals surface area (Å²) in [4.78, 5) is 0. The van der Waals surface area contributed by atoms with Crippen LogP contribution in [-0.4, -0.2) is 23.5 Å². The molecule has 18 heavy (non-hydrogen) atoms. The number of rotatable bonds is 5. The zero-order valence-electron chi connectivity index (χ0n) is 12.0. The van der Waals surface area contributed by atoms with E-state index in [4.69, 9.17) is 28.8 Å². The quantitative estimate of drug-likeness (QED) is 0.672. The molecule has 0 radical (unpaired) electrons. The van der Waals surface area contributed by atoms with Gasteiger partial charge in [0.25, 0.3) is 0 Å². The highest BCUT2D eigenvalue weighted by Crippen LogP contribution is 2.39. The third-order valence-electron chi connectivity index (χ3n) is 4.53. The van der Waals surface area contributed by atoms with Crippen LogP contribution < -0.4 is 17.2 Å². The van der Waals surface area contributed by atoms with Crippen molar-refractivity contribution in [3.05, 3.63) is 0 Å². The second-order valence-electron chi connectivity index (χ2n) is 6.24. The Hall–Kier alpha value is 0.170. The molecule has 0 aromatic heterocycles. The first kappa shape index (κ1) is 16.2. The Kier molecular flexibility index (Phi) is 6.39. The molecular formula is C14H30ClN3. The molecule has 1 saturated carbocycles. The Morgan fingerprint density at radius 3 is 2.39 bits per heavy atom. The molecule has 0 saturated heterocycles. The second kappa shape index (κ2) is 7.09. The van der Waals surface area contributed by atoms with E-state index < -0.39 is 0 Å². The minimum Gasteiger partial charge on any atom is -0.328 e. The summed E-state index contributed by atoms with van der Waals surface area (Å²) in [6, 6.07) is 0.615. The molecule has 0 aromatic rings. The molecule has 7 atom stereocenters. The summed E-state index contributed by atoms with van der Waals surface area (Å²) >= 11 is 6.61. The predicted molar refractivity (Wildman–Crippen MR) is 79.5 cm³/mol. The maximum Gasteiger partial charge on any atom is 0.0394 e. The predicted octanol–water partition coefficient (Wildman–Crippen LogP) is 2.06. The first-order valence-corrected chi connectivity index (χ1v) is 7.71. The van der Waals surface area contributed by atoms with Crippen LogP contribution in [0.15, 0.2) is 0 Å². The molecule has 7 unspecified atom stereocenters. The summed E-state index contributed by atoms with van der Waals surface area (Å²) in [5, 5.41) is 0.185. The van der Waals surface area contributed by atoms with Gasteiger partial charge in [0.1, 0.15) is 0 Å². The van der Waals surface area contributed by atoms with Crippen LogP contribution in [0.4, 0.5) is 0 Å². The van der Waals surface area contributed by atoms with Crippen molar-refractivity contribution in [2.45, 2.75) is 70.0 Å². The van der Waals surface area contributed by atoms with E-state index in [0.29, 0.717) is 17.8 Å². The molecule has 0 bridgehead atoms. The fraction of sp³-hybridized carbons (Fsp3) is 1.00. The average molecular weight is 276 g/mol. The van der Waals surface area contributed by atoms with Gasteiger partial charge in [0, 0.05) is 23.5 Å². The van der Waals surface area contributed by atoms with Gasteiger partial charge in [-0.3, -0.25) is 0 Å². The smallest absolute Gasteiger partial charge is 0.0394 e. The van der Waals surface area contributed by atoms with Gasteiger partial charge < -0.3 is 17.2 Å². The van der Waals surface area contributed by atoms with E-state index in [1.165, 1.54) is 0 Å². The number of alkyl halides is 1. The third-order valence-corrected chi connectivity index (χ3v) is 5.28. The second-order valence-corrected chi connectivity index (χ2v) is 6.75. The highest BCUT2D eigenvalue weighted by Gasteiger charge is 2.39. The largest absolute Gasteiger partial charge is 0.328 e. The van der Waals surface area contributed by atoms with Crippen LogP contribution in [0.25, 0.3) is 0 Å². The van der Waals surface area contributed by atoms with Crippen LogP contribution in [0, 0.1) is 17.8 Å². The topological polar surface area (TPSA) is 78.1 Å². The number of nitrogens with two attached hydrogens (primary N) is 3. The Balaban J connectivity index is 2.76. The first-order valence-electron chi connectivity index (χ1n) is 7.27. The molecule has 0 aromatic carbocycles. The van der Waals surface area contributed by atoms with E-state index in [-0.39, 0.29) is 23.5 Å². The monoisotopic (exact) mass is 275 g/mol. The standard InChI is InChI=1S/C14H30ClN3/c1-4-10(17)6-12(9(3)16)13-7-11(18)5-8(2)14(13)15/h8-14H,4-7,16-18H2,1-3H3. The van der Waals surface area contributed by atoms with E-state index in [9.17, 15) is 0 Å². The lowest BCUT2D eigenvalue weighted by Gasteiger charge is -2.42. The number of halogens is 1. The van der Waals surface area contributed by atoms with Crippen molar-refractivity contribution in [2.75, 3.05) is 0 Å². The minimum atomic E-state index is 0.131. The van der Waals surface area contributed by atoms with Crippen molar-refractivity contribution in [3.8, 4) is 0 Å². The molecule has 0 heterocycles. The molecule has 0 amide bonds. The van der Waals surface area contributed by atoms with Crippen molar-refractivity contribution in [3.63, 3.8) is 0 Å². The summed E-state index contributed by atoms with van der Waals surface area (Å²) in [6.07, 6.45) is 3.96. The van der Waals surface area contributed by atoms with Gasteiger partial charge in [0.05, 0.1) is 0 Å². The Morgan fingerprint density at radius 1 is 1.28 bits per heavy atom. The van der Waals surface area contributed by atoms with Gasteiger partial charge in [-0.25, -0.2) is 0 Å². The van der Waals surface area contributed by atoms with E-state index in [0.717, 1.165) is 25.7 Å². The van der Waals surface area contributed by atoms with Gasteiger partial charge >= 0.3 is 0 Å². The highest BCUT2D eigenvalue weighted by atomic mass is 35.5. The Labute approximate surface area is 117 Å². The van der Waals surface area contributed by atoms with Crippen molar-refractivity contribution in [2.24, 2.45) is 35.0 Å². The molecule has 4 heteroatoms. The normalized spacial score (nSPS) is 38.2. The van der Waals surface area contributed by atoms with Crippen molar-refractivity contribution in [1.82, 2.24) is 0 Å². The zero-order valence-corrected chi connectivity index (χ0v) is 12.7. The Morgan fingerprint density at radius 2 is 1.89 bits per heavy atom. The van der Waals surface area contributed by atoms with E-state index in [1.807, 2.05) is 0 Å². The lowest BCUT2D eigenvalue weighted by atomic mass is 9.69. The van der Waals surface area contributed by atoms with Crippen LogP contribution in [-0.2, 0) is 0 Å². The number of hydrogen-bond donors (Lipinski definition) is 3. The molecule has 1 aliphatic carbocycles. The van der Waals surface area contributed by atoms with Crippen LogP contribution in [0.2, 0.25) is 0 Å². The molecule has 1 aliphatic rings. The van der Waals surface area contributed by atoms with Crippen LogP contribution >= 0.6 is 11.6 Å². The average Bonchev–Trinajstić information content (AvgIpc) is 2.30. The maximum atomic E-state index is 6.61. The molecule has 0 aliphatic heterocycles. The minimum absolute atomic E-state index is 0.131. The van der Waals surface area contributed by atoms with Gasteiger partial charge in [0.2, 0.25) is 0 Å². The van der Waals surface area contributed by atoms with Crippen LogP contribution in [0.5, 0.6) is 0 Å². The van der Waals surface area contributed by atoms with Gasteiger partial charge in [-0.2, -0.15) is 0 Å². The number of hydrogen-bond acceptors (Lipinski definition) is 3. The zero-order chi connectivity index (χ0) is 13.9. The summed E-state index contributed by atoms with van der Waals surface area (Å²) in [6.45, 7) is 6.39. The van der Waals surface area contributed by atoms with Gasteiger partial charge in [-0.1, -0.05) is 13.8 Å². The van der Waals surface area contributed by atoms with E-state index in [2.05, 4.69) is 20.8 Å². The van der Waals surface area contributed by atoms with Crippen molar-refractivity contribution in [1.29, 1.82) is 0 Å². The van der Waals surface area contributed by atoms with Crippen LogP contribution in [0.1, 0.15) is 46.5 Å². The molecule has 108 valence electrons. The first-order chi connectivity index (χ1) is 8.36. The van der Waals surface area contributed by atoms with E-state index >= 15 is 0 Å². The molecule has 6 N–H and O–H groups in total. The fourth-order valence-electron chi connectivity index (χ4n) is 3.31. The highest BCUT2D eigenvalue weighted by molar-refractivity contribution is 6.21. The van der Waals surface area contributed by atoms with Crippen molar-refractivity contribution < 1.29 is 0 Å². The van der Waals surface area contributed by atoms with Gasteiger partial charge in [0.15, 0.2) is 0 Å². The van der Waals surface area contributed by atoms with Gasteiger partial charge in [-0.15, -0.1) is 11.6 Å². The molecule has 1 rings (SSSR count). The summed E-state index contributed by atoms with van der Waals surface area (Å²) in [5.74, 6) is 1.26. The maximum absolute atomic E-state index is 6.61. The summed E-state index contributed by atoms with van der Waals surface area (Å²) in [5.41, 5.74) is 18.4. The molecule has 3 nitrogen and oxygen atoms in total. The molecular weight excluding hydrogens is 246 g/mol. The summed E-state index contributed by atoms with van der Waals surface area (Å²) < 4.78 is 0. The van der Waals surface area contributed by atoms with Crippen LogP contribution in [0.3, 0.4) is 0 Å².